The summed E-state index contributed by atoms with van der Waals surface area (Å²) in [5.74, 6) is 1.66. The molecule has 0 bridgehead atoms. The fourth-order valence-corrected chi connectivity index (χ4v) is 4.38. The van der Waals surface area contributed by atoms with Crippen LogP contribution in [0, 0.1) is 12.8 Å². The molecule has 0 spiro atoms. The Morgan fingerprint density at radius 2 is 1.87 bits per heavy atom. The normalized spacial score (nSPS) is 18.9. The SMILES string of the molecule is Cc1cc(C2=CC=C(C3CC3)N(c3cccc(-c4nncn4C4CC4)c3)C2)ccn1. The van der Waals surface area contributed by atoms with E-state index in [-0.39, 0.29) is 0 Å². The third-order valence-corrected chi connectivity index (χ3v) is 6.29. The Morgan fingerprint density at radius 1 is 0.967 bits per heavy atom. The molecule has 2 aromatic heterocycles. The van der Waals surface area contributed by atoms with E-state index in [1.54, 1.807) is 0 Å². The molecule has 3 heterocycles. The third-order valence-electron chi connectivity index (χ3n) is 6.29. The van der Waals surface area contributed by atoms with Crippen LogP contribution in [0.5, 0.6) is 0 Å². The van der Waals surface area contributed by atoms with Crippen molar-refractivity contribution in [2.24, 2.45) is 5.92 Å². The Morgan fingerprint density at radius 3 is 2.67 bits per heavy atom. The van der Waals surface area contributed by atoms with Gasteiger partial charge in [0.15, 0.2) is 5.82 Å². The van der Waals surface area contributed by atoms with Crippen molar-refractivity contribution in [3.63, 3.8) is 0 Å². The molecule has 3 aromatic rings. The first-order chi connectivity index (χ1) is 14.8. The first kappa shape index (κ1) is 17.6. The van der Waals surface area contributed by atoms with Crippen LogP contribution >= 0.6 is 0 Å². The first-order valence-electron chi connectivity index (χ1n) is 10.9. The summed E-state index contributed by atoms with van der Waals surface area (Å²) in [6.45, 7) is 2.93. The second-order valence-corrected chi connectivity index (χ2v) is 8.67. The van der Waals surface area contributed by atoms with Crippen molar-refractivity contribution in [2.75, 3.05) is 11.4 Å². The molecule has 0 radical (unpaired) electrons. The van der Waals surface area contributed by atoms with Crippen LogP contribution in [-0.2, 0) is 0 Å². The fourth-order valence-electron chi connectivity index (χ4n) is 4.38. The van der Waals surface area contributed by atoms with Crippen LogP contribution in [0.2, 0.25) is 0 Å². The molecule has 5 heteroatoms. The van der Waals surface area contributed by atoms with Gasteiger partial charge in [0.2, 0.25) is 0 Å². The van der Waals surface area contributed by atoms with E-state index in [1.807, 2.05) is 12.5 Å². The highest BCUT2D eigenvalue weighted by molar-refractivity contribution is 5.77. The summed E-state index contributed by atoms with van der Waals surface area (Å²) in [6, 6.07) is 13.7. The average Bonchev–Trinajstić information content (AvgIpc) is 3.72. The number of allylic oxidation sites excluding steroid dienone is 3. The topological polar surface area (TPSA) is 46.8 Å². The maximum Gasteiger partial charge on any atom is 0.164 e. The number of anilines is 1. The van der Waals surface area contributed by atoms with Gasteiger partial charge in [-0.15, -0.1) is 10.2 Å². The van der Waals surface area contributed by atoms with Crippen molar-refractivity contribution in [2.45, 2.75) is 38.6 Å². The molecular weight excluding hydrogens is 370 g/mol. The maximum absolute atomic E-state index is 4.43. The van der Waals surface area contributed by atoms with Crippen LogP contribution in [0.3, 0.4) is 0 Å². The van der Waals surface area contributed by atoms with Crippen LogP contribution in [0.1, 0.15) is 43.0 Å². The smallest absolute Gasteiger partial charge is 0.164 e. The largest absolute Gasteiger partial charge is 0.340 e. The van der Waals surface area contributed by atoms with Crippen LogP contribution < -0.4 is 4.90 Å². The quantitative estimate of drug-likeness (QED) is 0.597. The molecule has 30 heavy (non-hydrogen) atoms. The van der Waals surface area contributed by atoms with E-state index < -0.39 is 0 Å². The number of nitrogens with zero attached hydrogens (tertiary/aromatic N) is 5. The highest BCUT2D eigenvalue weighted by Gasteiger charge is 2.32. The van der Waals surface area contributed by atoms with Crippen LogP contribution in [-0.4, -0.2) is 26.3 Å². The van der Waals surface area contributed by atoms with Crippen LogP contribution in [0.25, 0.3) is 17.0 Å². The standard InChI is InChI=1S/C25H25N5/c1-17-13-19(11-12-26-17)21-7-10-24(18-5-6-18)29(15-21)23-4-2-3-20(14-23)25-28-27-16-30(25)22-8-9-22/h2-4,7,10-14,16,18,22H,5-6,8-9,15H2,1H3. The molecular formula is C25H25N5. The predicted molar refractivity (Wildman–Crippen MR) is 119 cm³/mol. The molecule has 2 aliphatic carbocycles. The summed E-state index contributed by atoms with van der Waals surface area (Å²) in [5.41, 5.74) is 7.44. The van der Waals surface area contributed by atoms with Crippen molar-refractivity contribution < 1.29 is 0 Å². The number of rotatable bonds is 5. The van der Waals surface area contributed by atoms with Gasteiger partial charge < -0.3 is 9.47 Å². The third kappa shape index (κ3) is 3.24. The molecule has 3 aliphatic rings. The van der Waals surface area contributed by atoms with Gasteiger partial charge in [-0.3, -0.25) is 4.98 Å². The number of aryl methyl sites for hydroxylation is 1. The predicted octanol–water partition coefficient (Wildman–Crippen LogP) is 5.18. The Kier molecular flexibility index (Phi) is 4.08. The minimum Gasteiger partial charge on any atom is -0.340 e. The van der Waals surface area contributed by atoms with E-state index in [9.17, 15) is 0 Å². The Hall–Kier alpha value is -3.21. The van der Waals surface area contributed by atoms with Crippen molar-refractivity contribution in [3.05, 3.63) is 78.0 Å². The van der Waals surface area contributed by atoms with E-state index in [2.05, 4.69) is 80.1 Å². The van der Waals surface area contributed by atoms with Gasteiger partial charge >= 0.3 is 0 Å². The Balaban J connectivity index is 1.37. The molecule has 5 nitrogen and oxygen atoms in total. The lowest BCUT2D eigenvalue weighted by Gasteiger charge is -2.32. The van der Waals surface area contributed by atoms with Gasteiger partial charge in [-0.25, -0.2) is 0 Å². The Labute approximate surface area is 176 Å². The van der Waals surface area contributed by atoms with Gasteiger partial charge in [-0.2, -0.15) is 0 Å². The number of pyridine rings is 1. The summed E-state index contributed by atoms with van der Waals surface area (Å²) in [4.78, 5) is 6.85. The monoisotopic (exact) mass is 395 g/mol. The summed E-state index contributed by atoms with van der Waals surface area (Å²) in [6.07, 6.45) is 13.4. The summed E-state index contributed by atoms with van der Waals surface area (Å²) in [5, 5.41) is 8.62. The minimum atomic E-state index is 0.569. The molecule has 2 saturated carbocycles. The molecule has 0 amide bonds. The lowest BCUT2D eigenvalue weighted by Crippen LogP contribution is -2.28. The lowest BCUT2D eigenvalue weighted by atomic mass is 9.99. The molecule has 2 fully saturated rings. The molecule has 1 aliphatic heterocycles. The van der Waals surface area contributed by atoms with Crippen LogP contribution in [0.4, 0.5) is 5.69 Å². The minimum absolute atomic E-state index is 0.569. The van der Waals surface area contributed by atoms with Gasteiger partial charge in [0.05, 0.1) is 0 Å². The zero-order valence-electron chi connectivity index (χ0n) is 17.2. The van der Waals surface area contributed by atoms with E-state index >= 15 is 0 Å². The summed E-state index contributed by atoms with van der Waals surface area (Å²) in [7, 11) is 0. The number of benzene rings is 1. The summed E-state index contributed by atoms with van der Waals surface area (Å²) < 4.78 is 2.23. The average molecular weight is 396 g/mol. The van der Waals surface area contributed by atoms with Crippen molar-refractivity contribution >= 4 is 11.3 Å². The molecule has 0 atom stereocenters. The van der Waals surface area contributed by atoms with Gasteiger partial charge in [0.1, 0.15) is 6.33 Å². The van der Waals surface area contributed by atoms with E-state index in [0.717, 1.165) is 23.6 Å². The zero-order valence-corrected chi connectivity index (χ0v) is 17.2. The summed E-state index contributed by atoms with van der Waals surface area (Å²) >= 11 is 0. The number of hydrogen-bond acceptors (Lipinski definition) is 4. The fraction of sp³-hybridized carbons (Fsp3) is 0.320. The first-order valence-corrected chi connectivity index (χ1v) is 10.9. The highest BCUT2D eigenvalue weighted by Crippen LogP contribution is 2.43. The Bertz CT molecular complexity index is 1160. The van der Waals surface area contributed by atoms with E-state index in [0.29, 0.717) is 12.0 Å². The molecule has 150 valence electrons. The van der Waals surface area contributed by atoms with Crippen molar-refractivity contribution in [3.8, 4) is 11.4 Å². The molecule has 0 saturated heterocycles. The van der Waals surface area contributed by atoms with Gasteiger partial charge in [-0.05, 0) is 80.0 Å². The second-order valence-electron chi connectivity index (χ2n) is 8.67. The number of aromatic nitrogens is 4. The molecule has 0 N–H and O–H groups in total. The highest BCUT2D eigenvalue weighted by atomic mass is 15.3. The molecule has 6 rings (SSSR count). The zero-order chi connectivity index (χ0) is 20.1. The van der Waals surface area contributed by atoms with Gasteiger partial charge in [-0.1, -0.05) is 18.2 Å². The van der Waals surface area contributed by atoms with Crippen LogP contribution in [0.15, 0.2) is 66.8 Å². The second kappa shape index (κ2) is 6.94. The number of hydrogen-bond donors (Lipinski definition) is 0. The lowest BCUT2D eigenvalue weighted by molar-refractivity contribution is 0.746. The molecule has 1 aromatic carbocycles. The van der Waals surface area contributed by atoms with E-state index in [4.69, 9.17) is 0 Å². The van der Waals surface area contributed by atoms with Crippen molar-refractivity contribution in [1.29, 1.82) is 0 Å². The van der Waals surface area contributed by atoms with Gasteiger partial charge in [0.25, 0.3) is 0 Å². The molecule has 0 unspecified atom stereocenters. The van der Waals surface area contributed by atoms with E-state index in [1.165, 1.54) is 48.2 Å². The maximum atomic E-state index is 4.43. The van der Waals surface area contributed by atoms with Gasteiger partial charge in [0, 0.05) is 41.4 Å². The van der Waals surface area contributed by atoms with Crippen molar-refractivity contribution in [1.82, 2.24) is 19.7 Å².